The summed E-state index contributed by atoms with van der Waals surface area (Å²) in [4.78, 5) is 0. The molecule has 0 aliphatic carbocycles. The minimum atomic E-state index is 0.689. The van der Waals surface area contributed by atoms with E-state index in [-0.39, 0.29) is 0 Å². The summed E-state index contributed by atoms with van der Waals surface area (Å²) in [5, 5.41) is 2.64. The van der Waals surface area contributed by atoms with E-state index in [9.17, 15) is 0 Å². The second-order valence-corrected chi connectivity index (χ2v) is 5.98. The molecule has 1 aromatic heterocycles. The van der Waals surface area contributed by atoms with Gasteiger partial charge in [0.25, 0.3) is 0 Å². The molecular formula is C21H20N2. The number of hydrogen-bond acceptors (Lipinski definition) is 1. The Balaban J connectivity index is 1.94. The van der Waals surface area contributed by atoms with E-state index in [2.05, 4.69) is 77.4 Å². The van der Waals surface area contributed by atoms with Crippen molar-refractivity contribution in [2.75, 3.05) is 6.54 Å². The van der Waals surface area contributed by atoms with Gasteiger partial charge in [-0.05, 0) is 42.3 Å². The van der Waals surface area contributed by atoms with Crippen molar-refractivity contribution in [3.05, 3.63) is 83.9 Å². The number of fused-ring (bicyclic) bond motifs is 3. The first kappa shape index (κ1) is 14.0. The first-order valence-corrected chi connectivity index (χ1v) is 8.10. The third-order valence-electron chi connectivity index (χ3n) is 4.45. The number of para-hydroxylation sites is 1. The lowest BCUT2D eigenvalue weighted by atomic mass is 10.1. The highest BCUT2D eigenvalue weighted by molar-refractivity contribution is 6.08. The smallest absolute Gasteiger partial charge is 0.0494 e. The van der Waals surface area contributed by atoms with Gasteiger partial charge in [-0.1, -0.05) is 54.6 Å². The van der Waals surface area contributed by atoms with E-state index in [1.165, 1.54) is 32.9 Å². The van der Waals surface area contributed by atoms with Crippen LogP contribution in [0.5, 0.6) is 0 Å². The van der Waals surface area contributed by atoms with Crippen LogP contribution in [0, 0.1) is 0 Å². The van der Waals surface area contributed by atoms with E-state index in [0.717, 1.165) is 13.0 Å². The van der Waals surface area contributed by atoms with Crippen LogP contribution in [0.4, 0.5) is 0 Å². The minimum absolute atomic E-state index is 0.689. The zero-order valence-corrected chi connectivity index (χ0v) is 13.1. The number of benzene rings is 3. The molecule has 0 amide bonds. The summed E-state index contributed by atoms with van der Waals surface area (Å²) < 4.78 is 2.41. The molecule has 114 valence electrons. The Kier molecular flexibility index (Phi) is 3.60. The van der Waals surface area contributed by atoms with Crippen LogP contribution in [0.3, 0.4) is 0 Å². The fraction of sp³-hybridized carbons (Fsp3) is 0.143. The first-order chi connectivity index (χ1) is 11.4. The maximum Gasteiger partial charge on any atom is 0.0494 e. The maximum absolute atomic E-state index is 5.72. The molecule has 0 bridgehead atoms. The van der Waals surface area contributed by atoms with Crippen LogP contribution in [0.2, 0.25) is 0 Å². The molecular weight excluding hydrogens is 280 g/mol. The average Bonchev–Trinajstić information content (AvgIpc) is 2.90. The van der Waals surface area contributed by atoms with Crippen LogP contribution >= 0.6 is 0 Å². The van der Waals surface area contributed by atoms with Crippen molar-refractivity contribution in [3.8, 4) is 0 Å². The topological polar surface area (TPSA) is 30.9 Å². The van der Waals surface area contributed by atoms with Crippen LogP contribution in [-0.4, -0.2) is 11.1 Å². The predicted octanol–water partition coefficient (Wildman–Crippen LogP) is 4.34. The summed E-state index contributed by atoms with van der Waals surface area (Å²) in [5.74, 6) is 0. The number of nitrogens with two attached hydrogens (primary N) is 1. The third-order valence-corrected chi connectivity index (χ3v) is 4.45. The molecule has 0 saturated carbocycles. The van der Waals surface area contributed by atoms with Crippen molar-refractivity contribution in [2.24, 2.45) is 5.73 Å². The molecule has 0 atom stereocenters. The Hall–Kier alpha value is -2.58. The fourth-order valence-corrected chi connectivity index (χ4v) is 3.36. The number of nitrogens with zero attached hydrogens (tertiary/aromatic N) is 1. The van der Waals surface area contributed by atoms with Crippen molar-refractivity contribution in [2.45, 2.75) is 13.0 Å². The molecule has 0 aliphatic rings. The summed E-state index contributed by atoms with van der Waals surface area (Å²) in [5.41, 5.74) is 10.9. The lowest BCUT2D eigenvalue weighted by Crippen LogP contribution is -2.02. The largest absolute Gasteiger partial charge is 0.336 e. The molecule has 1 heterocycles. The summed E-state index contributed by atoms with van der Waals surface area (Å²) in [6.45, 7) is 1.58. The van der Waals surface area contributed by atoms with Crippen LogP contribution < -0.4 is 5.73 Å². The van der Waals surface area contributed by atoms with E-state index in [1.807, 2.05) is 0 Å². The van der Waals surface area contributed by atoms with Gasteiger partial charge in [0.15, 0.2) is 0 Å². The maximum atomic E-state index is 5.72. The van der Waals surface area contributed by atoms with Gasteiger partial charge in [0.2, 0.25) is 0 Å². The Morgan fingerprint density at radius 2 is 1.43 bits per heavy atom. The summed E-state index contributed by atoms with van der Waals surface area (Å²) in [7, 11) is 0. The summed E-state index contributed by atoms with van der Waals surface area (Å²) >= 11 is 0. The van der Waals surface area contributed by atoms with Crippen molar-refractivity contribution >= 4 is 21.8 Å². The summed E-state index contributed by atoms with van der Waals surface area (Å²) in [6, 6.07) is 26.0. The highest BCUT2D eigenvalue weighted by atomic mass is 15.0. The SMILES string of the molecule is NCCc1ccc2c(c1)c1ccccc1n2Cc1ccccc1. The van der Waals surface area contributed by atoms with Gasteiger partial charge >= 0.3 is 0 Å². The quantitative estimate of drug-likeness (QED) is 0.597. The van der Waals surface area contributed by atoms with Crippen molar-refractivity contribution in [1.82, 2.24) is 4.57 Å². The van der Waals surface area contributed by atoms with Crippen LogP contribution in [0.15, 0.2) is 72.8 Å². The number of hydrogen-bond donors (Lipinski definition) is 1. The lowest BCUT2D eigenvalue weighted by molar-refractivity contribution is 0.868. The molecule has 0 unspecified atom stereocenters. The normalized spacial score (nSPS) is 11.3. The highest BCUT2D eigenvalue weighted by Gasteiger charge is 2.11. The second-order valence-electron chi connectivity index (χ2n) is 5.98. The molecule has 0 spiro atoms. The molecule has 4 rings (SSSR count). The first-order valence-electron chi connectivity index (χ1n) is 8.10. The predicted molar refractivity (Wildman–Crippen MR) is 97.7 cm³/mol. The molecule has 2 N–H and O–H groups in total. The molecule has 2 heteroatoms. The Labute approximate surface area is 136 Å². The highest BCUT2D eigenvalue weighted by Crippen LogP contribution is 2.30. The van der Waals surface area contributed by atoms with Crippen molar-refractivity contribution < 1.29 is 0 Å². The standard InChI is InChI=1S/C21H20N2/c22-13-12-16-10-11-21-19(14-16)18-8-4-5-9-20(18)23(21)15-17-6-2-1-3-7-17/h1-11,14H,12-13,15,22H2. The van der Waals surface area contributed by atoms with Gasteiger partial charge < -0.3 is 10.3 Å². The molecule has 3 aromatic carbocycles. The van der Waals surface area contributed by atoms with E-state index in [4.69, 9.17) is 5.73 Å². The Morgan fingerprint density at radius 3 is 2.26 bits per heavy atom. The Morgan fingerprint density at radius 1 is 0.696 bits per heavy atom. The monoisotopic (exact) mass is 300 g/mol. The van der Waals surface area contributed by atoms with E-state index < -0.39 is 0 Å². The summed E-state index contributed by atoms with van der Waals surface area (Å²) in [6.07, 6.45) is 0.925. The molecule has 23 heavy (non-hydrogen) atoms. The van der Waals surface area contributed by atoms with Gasteiger partial charge in [-0.15, -0.1) is 0 Å². The zero-order valence-electron chi connectivity index (χ0n) is 13.1. The molecule has 0 fully saturated rings. The zero-order chi connectivity index (χ0) is 15.6. The van der Waals surface area contributed by atoms with Crippen LogP contribution in [-0.2, 0) is 13.0 Å². The van der Waals surface area contributed by atoms with Crippen LogP contribution in [0.1, 0.15) is 11.1 Å². The van der Waals surface area contributed by atoms with Gasteiger partial charge in [-0.25, -0.2) is 0 Å². The van der Waals surface area contributed by atoms with Gasteiger partial charge in [0.1, 0.15) is 0 Å². The number of aromatic nitrogens is 1. The van der Waals surface area contributed by atoms with E-state index in [0.29, 0.717) is 6.54 Å². The van der Waals surface area contributed by atoms with Gasteiger partial charge in [-0.2, -0.15) is 0 Å². The lowest BCUT2D eigenvalue weighted by Gasteiger charge is -2.08. The van der Waals surface area contributed by atoms with Gasteiger partial charge in [0, 0.05) is 28.4 Å². The van der Waals surface area contributed by atoms with Gasteiger partial charge in [0.05, 0.1) is 0 Å². The molecule has 0 saturated heterocycles. The average molecular weight is 300 g/mol. The van der Waals surface area contributed by atoms with Crippen LogP contribution in [0.25, 0.3) is 21.8 Å². The van der Waals surface area contributed by atoms with Crippen molar-refractivity contribution in [1.29, 1.82) is 0 Å². The minimum Gasteiger partial charge on any atom is -0.336 e. The molecule has 2 nitrogen and oxygen atoms in total. The molecule has 0 aliphatic heterocycles. The van der Waals surface area contributed by atoms with Crippen molar-refractivity contribution in [3.63, 3.8) is 0 Å². The number of rotatable bonds is 4. The van der Waals surface area contributed by atoms with E-state index in [1.54, 1.807) is 0 Å². The molecule has 4 aromatic rings. The third kappa shape index (κ3) is 2.51. The fourth-order valence-electron chi connectivity index (χ4n) is 3.36. The Bertz CT molecular complexity index is 952. The van der Waals surface area contributed by atoms with E-state index >= 15 is 0 Å². The second kappa shape index (κ2) is 5.90. The molecule has 0 radical (unpaired) electrons. The van der Waals surface area contributed by atoms with Gasteiger partial charge in [-0.3, -0.25) is 0 Å².